The van der Waals surface area contributed by atoms with Gasteiger partial charge in [-0.05, 0) is 36.4 Å². The Balaban J connectivity index is 1.96. The number of ether oxygens (including phenoxy) is 2. The first-order valence-electron chi connectivity index (χ1n) is 12.9. The second-order valence-electron chi connectivity index (χ2n) is 9.42. The maximum absolute atomic E-state index is 13.5. The molecule has 2 amide bonds. The normalized spacial score (nSPS) is 11.4. The summed E-state index contributed by atoms with van der Waals surface area (Å²) in [6.07, 6.45) is -12.1. The van der Waals surface area contributed by atoms with E-state index in [-0.39, 0.29) is 0 Å². The minimum absolute atomic E-state index is 0.465. The Labute approximate surface area is 275 Å². The summed E-state index contributed by atoms with van der Waals surface area (Å²) < 4.78 is 89.3. The number of ketones is 2. The fraction of sp³-hybridized carbons (Fsp3) is 0.207. The van der Waals surface area contributed by atoms with E-state index in [4.69, 9.17) is 23.2 Å². The Bertz CT molecular complexity index is 1830. The van der Waals surface area contributed by atoms with E-state index >= 15 is 0 Å². The SMILES string of the molecule is COC(=O)c1cc(C(=O)OC)c(CC(=O)C(=O)Nc2cccc(Cl)c2C(F)(F)F)nc1CC(=O)C(=O)Nc1ccc(Cl)c(C(F)(F)F)c1. The van der Waals surface area contributed by atoms with Crippen molar-refractivity contribution in [1.82, 2.24) is 4.98 Å². The van der Waals surface area contributed by atoms with Gasteiger partial charge in [0.2, 0.25) is 11.6 Å². The van der Waals surface area contributed by atoms with Crippen molar-refractivity contribution >= 4 is 69.9 Å². The minimum Gasteiger partial charge on any atom is -0.465 e. The van der Waals surface area contributed by atoms with E-state index in [1.54, 1.807) is 5.32 Å². The molecule has 0 bridgehead atoms. The molecule has 0 radical (unpaired) electrons. The smallest absolute Gasteiger partial charge is 0.419 e. The number of pyridine rings is 1. The Kier molecular flexibility index (Phi) is 11.5. The Morgan fingerprint density at radius 2 is 1.23 bits per heavy atom. The lowest BCUT2D eigenvalue weighted by molar-refractivity contribution is -0.138. The molecule has 0 aliphatic heterocycles. The highest BCUT2D eigenvalue weighted by atomic mass is 35.5. The lowest BCUT2D eigenvalue weighted by Crippen LogP contribution is -2.29. The summed E-state index contributed by atoms with van der Waals surface area (Å²) in [5, 5.41) is 2.26. The first kappa shape index (κ1) is 37.4. The average Bonchev–Trinajstić information content (AvgIpc) is 3.00. The number of benzene rings is 2. The van der Waals surface area contributed by atoms with Gasteiger partial charge in [0.05, 0.1) is 76.4 Å². The van der Waals surface area contributed by atoms with Gasteiger partial charge in [0.25, 0.3) is 11.8 Å². The van der Waals surface area contributed by atoms with E-state index in [1.165, 1.54) is 0 Å². The number of esters is 2. The number of amides is 2. The maximum Gasteiger partial charge on any atom is 0.419 e. The lowest BCUT2D eigenvalue weighted by Gasteiger charge is -2.15. The van der Waals surface area contributed by atoms with Gasteiger partial charge >= 0.3 is 24.3 Å². The summed E-state index contributed by atoms with van der Waals surface area (Å²) in [4.78, 5) is 79.8. The predicted molar refractivity (Wildman–Crippen MR) is 155 cm³/mol. The van der Waals surface area contributed by atoms with E-state index in [0.717, 1.165) is 50.6 Å². The van der Waals surface area contributed by atoms with Crippen LogP contribution in [0.25, 0.3) is 0 Å². The number of anilines is 2. The molecule has 0 saturated carbocycles. The number of Topliss-reactive ketones (excluding diaryl/α,β-unsaturated/α-hetero) is 2. The molecule has 3 aromatic rings. The van der Waals surface area contributed by atoms with Crippen LogP contribution in [0.3, 0.4) is 0 Å². The van der Waals surface area contributed by atoms with Crippen LogP contribution >= 0.6 is 23.2 Å². The Morgan fingerprint density at radius 1 is 0.708 bits per heavy atom. The fourth-order valence-electron chi connectivity index (χ4n) is 4.03. The molecule has 2 aromatic carbocycles. The van der Waals surface area contributed by atoms with Crippen LogP contribution < -0.4 is 10.6 Å². The topological polar surface area (TPSA) is 158 Å². The second-order valence-corrected chi connectivity index (χ2v) is 10.2. The third kappa shape index (κ3) is 8.86. The van der Waals surface area contributed by atoms with Crippen LogP contribution in [-0.4, -0.2) is 54.5 Å². The zero-order chi connectivity index (χ0) is 36.1. The number of methoxy groups -OCH3 is 2. The molecule has 1 heterocycles. The van der Waals surface area contributed by atoms with Crippen molar-refractivity contribution in [3.8, 4) is 0 Å². The first-order valence-corrected chi connectivity index (χ1v) is 13.6. The van der Waals surface area contributed by atoms with Gasteiger partial charge in [-0.25, -0.2) is 9.59 Å². The molecule has 0 saturated heterocycles. The molecule has 254 valence electrons. The van der Waals surface area contributed by atoms with E-state index in [1.807, 2.05) is 5.32 Å². The highest BCUT2D eigenvalue weighted by Crippen LogP contribution is 2.40. The summed E-state index contributed by atoms with van der Waals surface area (Å²) in [5.41, 5.74) is -6.47. The number of hydrogen-bond acceptors (Lipinski definition) is 9. The van der Waals surface area contributed by atoms with E-state index in [2.05, 4.69) is 14.5 Å². The zero-order valence-electron chi connectivity index (χ0n) is 24.2. The van der Waals surface area contributed by atoms with Crippen molar-refractivity contribution in [1.29, 1.82) is 0 Å². The van der Waals surface area contributed by atoms with E-state index < -0.39 is 116 Å². The van der Waals surface area contributed by atoms with Crippen LogP contribution in [0.15, 0.2) is 42.5 Å². The van der Waals surface area contributed by atoms with Gasteiger partial charge in [0.15, 0.2) is 0 Å². The minimum atomic E-state index is -5.03. The number of alkyl halides is 6. The number of hydrogen-bond donors (Lipinski definition) is 2. The molecule has 1 aromatic heterocycles. The average molecular weight is 722 g/mol. The highest BCUT2D eigenvalue weighted by molar-refractivity contribution is 6.42. The van der Waals surface area contributed by atoms with Crippen LogP contribution in [0.1, 0.15) is 43.2 Å². The fourth-order valence-corrected chi connectivity index (χ4v) is 4.54. The molecular weight excluding hydrogens is 703 g/mol. The molecule has 0 aliphatic carbocycles. The van der Waals surface area contributed by atoms with Gasteiger partial charge < -0.3 is 20.1 Å². The van der Waals surface area contributed by atoms with Crippen molar-refractivity contribution in [2.75, 3.05) is 24.9 Å². The van der Waals surface area contributed by atoms with Crippen molar-refractivity contribution in [3.05, 3.63) is 86.2 Å². The first-order chi connectivity index (χ1) is 22.3. The summed E-state index contributed by atoms with van der Waals surface area (Å²) in [5.74, 6) is -8.30. The van der Waals surface area contributed by atoms with Crippen molar-refractivity contribution in [2.45, 2.75) is 25.2 Å². The zero-order valence-corrected chi connectivity index (χ0v) is 25.7. The third-order valence-corrected chi connectivity index (χ3v) is 6.87. The summed E-state index contributed by atoms with van der Waals surface area (Å²) >= 11 is 11.2. The van der Waals surface area contributed by atoms with Gasteiger partial charge in [-0.15, -0.1) is 0 Å². The molecular formula is C29H19Cl2F6N3O8. The number of carbonyl (C=O) groups excluding carboxylic acids is 6. The molecule has 0 aliphatic rings. The van der Waals surface area contributed by atoms with Crippen LogP contribution in [0.5, 0.6) is 0 Å². The molecule has 48 heavy (non-hydrogen) atoms. The van der Waals surface area contributed by atoms with Gasteiger partial charge in [-0.1, -0.05) is 29.3 Å². The quantitative estimate of drug-likeness (QED) is 0.157. The summed E-state index contributed by atoms with van der Waals surface area (Å²) in [7, 11) is 1.81. The number of rotatable bonds is 10. The van der Waals surface area contributed by atoms with Gasteiger partial charge in [-0.3, -0.25) is 24.2 Å². The lowest BCUT2D eigenvalue weighted by atomic mass is 10.0. The van der Waals surface area contributed by atoms with E-state index in [0.29, 0.717) is 6.07 Å². The summed E-state index contributed by atoms with van der Waals surface area (Å²) in [6.45, 7) is 0. The van der Waals surface area contributed by atoms with Crippen LogP contribution in [0.2, 0.25) is 10.0 Å². The molecule has 3 rings (SSSR count). The Morgan fingerprint density at radius 3 is 1.71 bits per heavy atom. The molecule has 0 unspecified atom stereocenters. The van der Waals surface area contributed by atoms with Gasteiger partial charge in [0.1, 0.15) is 0 Å². The van der Waals surface area contributed by atoms with Crippen molar-refractivity contribution in [3.63, 3.8) is 0 Å². The number of carbonyl (C=O) groups is 6. The standard InChI is InChI=1S/C29H19Cl2F6N3O8/c1-47-26(45)13-9-14(27(46)48-2)20(11-22(42)25(44)40-18-5-3-4-17(31)23(18)29(35,36)37)39-19(13)10-21(41)24(43)38-12-6-7-16(30)15(8-12)28(32,33)34/h3-9H,10-11H2,1-2H3,(H,38,43)(H,40,44). The van der Waals surface area contributed by atoms with Crippen molar-refractivity contribution in [2.24, 2.45) is 0 Å². The molecule has 0 fully saturated rings. The van der Waals surface area contributed by atoms with Crippen LogP contribution in [0, 0.1) is 0 Å². The maximum atomic E-state index is 13.5. The second kappa shape index (κ2) is 14.8. The highest BCUT2D eigenvalue weighted by Gasteiger charge is 2.37. The van der Waals surface area contributed by atoms with Crippen LogP contribution in [-0.2, 0) is 53.8 Å². The summed E-state index contributed by atoms with van der Waals surface area (Å²) in [6, 6.07) is 5.83. The van der Waals surface area contributed by atoms with Gasteiger partial charge in [0, 0.05) is 5.69 Å². The number of aromatic nitrogens is 1. The third-order valence-electron chi connectivity index (χ3n) is 6.23. The van der Waals surface area contributed by atoms with Crippen LogP contribution in [0.4, 0.5) is 37.7 Å². The Hall–Kier alpha value is -5.03. The number of halogens is 8. The van der Waals surface area contributed by atoms with E-state index in [9.17, 15) is 55.1 Å². The predicted octanol–water partition coefficient (Wildman–Crippen LogP) is 5.50. The molecule has 11 nitrogen and oxygen atoms in total. The molecule has 0 spiro atoms. The molecule has 2 N–H and O–H groups in total. The number of nitrogens with one attached hydrogen (secondary N) is 2. The largest absolute Gasteiger partial charge is 0.465 e. The molecule has 0 atom stereocenters. The number of nitrogens with zero attached hydrogens (tertiary/aromatic N) is 1. The van der Waals surface area contributed by atoms with Gasteiger partial charge in [-0.2, -0.15) is 26.3 Å². The monoisotopic (exact) mass is 721 g/mol. The molecule has 19 heteroatoms. The van der Waals surface area contributed by atoms with Crippen molar-refractivity contribution < 1.29 is 64.6 Å².